The van der Waals surface area contributed by atoms with Crippen molar-refractivity contribution in [1.29, 1.82) is 5.26 Å². The zero-order valence-corrected chi connectivity index (χ0v) is 10.3. The molecule has 1 aromatic rings. The van der Waals surface area contributed by atoms with E-state index in [2.05, 4.69) is 4.74 Å². The van der Waals surface area contributed by atoms with Crippen LogP contribution >= 0.6 is 11.8 Å². The fourth-order valence-corrected chi connectivity index (χ4v) is 2.08. The van der Waals surface area contributed by atoms with Crippen LogP contribution in [0.25, 0.3) is 0 Å². The first-order valence-corrected chi connectivity index (χ1v) is 5.49. The minimum absolute atomic E-state index is 0.0132. The Bertz CT molecular complexity index is 520. The average Bonchev–Trinajstić information content (AvgIpc) is 2.25. The van der Waals surface area contributed by atoms with Crippen molar-refractivity contribution in [2.24, 2.45) is 0 Å². The number of hydrogen-bond acceptors (Lipinski definition) is 4. The van der Waals surface area contributed by atoms with Crippen LogP contribution in [0, 0.1) is 18.3 Å². The van der Waals surface area contributed by atoms with Gasteiger partial charge in [-0.2, -0.15) is 18.4 Å². The molecule has 7 heteroatoms. The minimum Gasteiger partial charge on any atom is -0.465 e. The lowest BCUT2D eigenvalue weighted by molar-refractivity contribution is -0.0328. The lowest BCUT2D eigenvalue weighted by atomic mass is 10.1. The average molecular weight is 275 g/mol. The molecule has 0 N–H and O–H groups in total. The number of esters is 1. The molecule has 0 aliphatic rings. The monoisotopic (exact) mass is 275 g/mol. The summed E-state index contributed by atoms with van der Waals surface area (Å²) in [5.41, 5.74) is -4.33. The number of carbonyl (C=O) groups excluding carboxylic acids is 1. The Morgan fingerprint density at radius 1 is 1.44 bits per heavy atom. The molecule has 0 aliphatic heterocycles. The van der Waals surface area contributed by atoms with Gasteiger partial charge in [0.1, 0.15) is 6.07 Å². The molecule has 0 bridgehead atoms. The fourth-order valence-electron chi connectivity index (χ4n) is 1.34. The Kier molecular flexibility index (Phi) is 4.24. The molecule has 3 nitrogen and oxygen atoms in total. The number of ether oxygens (including phenoxy) is 1. The predicted molar refractivity (Wildman–Crippen MR) is 59.1 cm³/mol. The molecule has 0 spiro atoms. The quantitative estimate of drug-likeness (QED) is 0.614. The summed E-state index contributed by atoms with van der Waals surface area (Å²) in [7, 11) is 1.13. The highest BCUT2D eigenvalue weighted by Crippen LogP contribution is 2.39. The maximum absolute atomic E-state index is 12.3. The number of rotatable bonds is 2. The first kappa shape index (κ1) is 14.4. The van der Waals surface area contributed by atoms with Gasteiger partial charge in [0.05, 0.1) is 18.2 Å². The number of nitriles is 1. The molecule has 1 rings (SSSR count). The number of carbonyl (C=O) groups is 1. The van der Waals surface area contributed by atoms with Crippen molar-refractivity contribution < 1.29 is 22.7 Å². The van der Waals surface area contributed by atoms with Gasteiger partial charge in [0.2, 0.25) is 0 Å². The van der Waals surface area contributed by atoms with Crippen LogP contribution in [0.5, 0.6) is 0 Å². The third-order valence-electron chi connectivity index (χ3n) is 2.06. The van der Waals surface area contributed by atoms with E-state index in [9.17, 15) is 18.0 Å². The van der Waals surface area contributed by atoms with E-state index in [0.29, 0.717) is 5.56 Å². The summed E-state index contributed by atoms with van der Waals surface area (Å²) in [5, 5.41) is 8.84. The van der Waals surface area contributed by atoms with E-state index in [1.807, 2.05) is 0 Å². The highest BCUT2D eigenvalue weighted by atomic mass is 32.2. The van der Waals surface area contributed by atoms with Gasteiger partial charge < -0.3 is 4.74 Å². The van der Waals surface area contributed by atoms with Gasteiger partial charge in [0.15, 0.2) is 0 Å². The van der Waals surface area contributed by atoms with Crippen LogP contribution in [0.15, 0.2) is 17.0 Å². The summed E-state index contributed by atoms with van der Waals surface area (Å²) in [6.45, 7) is 1.46. The molecular formula is C11H8F3NO2S. The van der Waals surface area contributed by atoms with E-state index < -0.39 is 23.2 Å². The second-order valence-corrected chi connectivity index (χ2v) is 4.42. The number of methoxy groups -OCH3 is 1. The summed E-state index contributed by atoms with van der Waals surface area (Å²) in [4.78, 5) is 11.0. The van der Waals surface area contributed by atoms with Gasteiger partial charge in [-0.25, -0.2) is 4.79 Å². The molecule has 0 atom stereocenters. The van der Waals surface area contributed by atoms with Gasteiger partial charge in [0, 0.05) is 4.90 Å². The smallest absolute Gasteiger partial charge is 0.446 e. The van der Waals surface area contributed by atoms with Crippen LogP contribution in [-0.2, 0) is 4.74 Å². The zero-order chi connectivity index (χ0) is 13.9. The SMILES string of the molecule is COC(=O)c1cc(C)c(C#N)c(SC(F)(F)F)c1. The number of halogens is 3. The third-order valence-corrected chi connectivity index (χ3v) is 2.83. The van der Waals surface area contributed by atoms with Crippen LogP contribution in [0.2, 0.25) is 0 Å². The lowest BCUT2D eigenvalue weighted by Crippen LogP contribution is -2.06. The normalized spacial score (nSPS) is 10.9. The number of nitrogens with zero attached hydrogens (tertiary/aromatic N) is 1. The minimum atomic E-state index is -4.52. The highest BCUT2D eigenvalue weighted by Gasteiger charge is 2.31. The topological polar surface area (TPSA) is 50.1 Å². The van der Waals surface area contributed by atoms with E-state index in [0.717, 1.165) is 13.2 Å². The van der Waals surface area contributed by atoms with E-state index in [-0.39, 0.29) is 16.0 Å². The van der Waals surface area contributed by atoms with Crippen LogP contribution in [0.3, 0.4) is 0 Å². The van der Waals surface area contributed by atoms with Crippen LogP contribution in [0.4, 0.5) is 13.2 Å². The summed E-state index contributed by atoms with van der Waals surface area (Å²) in [6.07, 6.45) is 0. The van der Waals surface area contributed by atoms with Crippen LogP contribution < -0.4 is 0 Å². The van der Waals surface area contributed by atoms with E-state index in [1.54, 1.807) is 6.07 Å². The number of aryl methyl sites for hydroxylation is 1. The number of thioether (sulfide) groups is 1. The molecule has 96 valence electrons. The molecule has 0 saturated heterocycles. The van der Waals surface area contributed by atoms with Crippen molar-refractivity contribution in [2.45, 2.75) is 17.3 Å². The third kappa shape index (κ3) is 3.40. The molecule has 0 radical (unpaired) electrons. The second-order valence-electron chi connectivity index (χ2n) is 3.32. The van der Waals surface area contributed by atoms with Crippen molar-refractivity contribution in [3.63, 3.8) is 0 Å². The van der Waals surface area contributed by atoms with Crippen molar-refractivity contribution >= 4 is 17.7 Å². The maximum Gasteiger partial charge on any atom is 0.446 e. The Labute approximate surface area is 106 Å². The standard InChI is InChI=1S/C11H8F3NO2S/c1-6-3-7(10(16)17-2)4-9(8(6)5-15)18-11(12,13)14/h3-4H,1-2H3. The van der Waals surface area contributed by atoms with E-state index >= 15 is 0 Å². The van der Waals surface area contributed by atoms with Gasteiger partial charge in [-0.1, -0.05) is 0 Å². The molecule has 0 amide bonds. The summed E-state index contributed by atoms with van der Waals surface area (Å²) < 4.78 is 41.5. The first-order valence-electron chi connectivity index (χ1n) is 4.67. The molecule has 0 saturated carbocycles. The number of benzene rings is 1. The molecule has 0 fully saturated rings. The molecule has 0 heterocycles. The Morgan fingerprint density at radius 2 is 2.06 bits per heavy atom. The van der Waals surface area contributed by atoms with Gasteiger partial charge in [0.25, 0.3) is 0 Å². The molecule has 0 aliphatic carbocycles. The van der Waals surface area contributed by atoms with Gasteiger partial charge in [-0.05, 0) is 36.4 Å². The second kappa shape index (κ2) is 5.31. The van der Waals surface area contributed by atoms with Crippen LogP contribution in [-0.4, -0.2) is 18.6 Å². The first-order chi connectivity index (χ1) is 8.28. The molecule has 18 heavy (non-hydrogen) atoms. The van der Waals surface area contributed by atoms with Gasteiger partial charge in [-0.3, -0.25) is 0 Å². The van der Waals surface area contributed by atoms with Crippen molar-refractivity contribution in [3.05, 3.63) is 28.8 Å². The molecule has 1 aromatic carbocycles. The number of hydrogen-bond donors (Lipinski definition) is 0. The summed E-state index contributed by atoms with van der Waals surface area (Å²) >= 11 is -0.422. The Balaban J connectivity index is 3.33. The number of alkyl halides is 3. The zero-order valence-electron chi connectivity index (χ0n) is 9.46. The van der Waals surface area contributed by atoms with Crippen molar-refractivity contribution in [1.82, 2.24) is 0 Å². The van der Waals surface area contributed by atoms with Gasteiger partial charge >= 0.3 is 11.5 Å². The van der Waals surface area contributed by atoms with E-state index in [4.69, 9.17) is 5.26 Å². The summed E-state index contributed by atoms with van der Waals surface area (Å²) in [5.74, 6) is -0.744. The maximum atomic E-state index is 12.3. The Hall–Kier alpha value is -1.68. The van der Waals surface area contributed by atoms with Gasteiger partial charge in [-0.15, -0.1) is 0 Å². The molecule has 0 unspecified atom stereocenters. The Morgan fingerprint density at radius 3 is 2.50 bits per heavy atom. The highest BCUT2D eigenvalue weighted by molar-refractivity contribution is 8.00. The van der Waals surface area contributed by atoms with E-state index in [1.165, 1.54) is 13.0 Å². The predicted octanol–water partition coefficient (Wildman–Crippen LogP) is 3.27. The molecule has 0 aromatic heterocycles. The van der Waals surface area contributed by atoms with Crippen molar-refractivity contribution in [2.75, 3.05) is 7.11 Å². The lowest BCUT2D eigenvalue weighted by Gasteiger charge is -2.10. The largest absolute Gasteiger partial charge is 0.465 e. The summed E-state index contributed by atoms with van der Waals surface area (Å²) in [6, 6.07) is 4.03. The fraction of sp³-hybridized carbons (Fsp3) is 0.273. The molecular weight excluding hydrogens is 267 g/mol. The van der Waals surface area contributed by atoms with Crippen LogP contribution in [0.1, 0.15) is 21.5 Å². The van der Waals surface area contributed by atoms with Crippen molar-refractivity contribution in [3.8, 4) is 6.07 Å².